The maximum Gasteiger partial charge on any atom is 0.224 e. The predicted octanol–water partition coefficient (Wildman–Crippen LogP) is -0.250. The third kappa shape index (κ3) is 2.40. The summed E-state index contributed by atoms with van der Waals surface area (Å²) in [5.41, 5.74) is 7.26. The lowest BCUT2D eigenvalue weighted by atomic mass is 9.93. The molecule has 1 fully saturated rings. The van der Waals surface area contributed by atoms with Gasteiger partial charge in [0.05, 0.1) is 24.8 Å². The number of hydrogen-bond donors (Lipinski definition) is 1. The van der Waals surface area contributed by atoms with Crippen molar-refractivity contribution in [3.05, 3.63) is 17.5 Å². The second-order valence-corrected chi connectivity index (χ2v) is 5.05. The number of likely N-dealkylation sites (tertiary alicyclic amines) is 1. The largest absolute Gasteiger partial charge is 0.383 e. The fourth-order valence-corrected chi connectivity index (χ4v) is 2.69. The minimum absolute atomic E-state index is 0.0703. The molecule has 0 aromatic carbocycles. The molecule has 0 saturated carbocycles. The molecular formula is C13H20N4O3. The molecule has 1 aromatic heterocycles. The van der Waals surface area contributed by atoms with E-state index in [1.165, 1.54) is 0 Å². The molecule has 2 atom stereocenters. The van der Waals surface area contributed by atoms with E-state index in [4.69, 9.17) is 10.5 Å². The Labute approximate surface area is 117 Å². The monoisotopic (exact) mass is 280 g/mol. The lowest BCUT2D eigenvalue weighted by Gasteiger charge is -2.27. The molecule has 0 radical (unpaired) electrons. The van der Waals surface area contributed by atoms with E-state index in [1.807, 2.05) is 14.0 Å². The zero-order valence-electron chi connectivity index (χ0n) is 12.0. The molecule has 2 rings (SSSR count). The second kappa shape index (κ2) is 5.62. The molecule has 0 aliphatic carbocycles. The molecule has 7 heteroatoms. The molecule has 1 aliphatic heterocycles. The average Bonchev–Trinajstić information content (AvgIpc) is 2.89. The minimum Gasteiger partial charge on any atom is -0.383 e. The van der Waals surface area contributed by atoms with Crippen molar-refractivity contribution in [1.29, 1.82) is 0 Å². The lowest BCUT2D eigenvalue weighted by molar-refractivity contribution is -0.129. The van der Waals surface area contributed by atoms with Gasteiger partial charge >= 0.3 is 0 Å². The fraction of sp³-hybridized carbons (Fsp3) is 0.615. The van der Waals surface area contributed by atoms with Crippen LogP contribution in [0.4, 0.5) is 0 Å². The molecule has 110 valence electrons. The summed E-state index contributed by atoms with van der Waals surface area (Å²) in [5, 5.41) is 4.19. The zero-order valence-corrected chi connectivity index (χ0v) is 12.0. The van der Waals surface area contributed by atoms with Gasteiger partial charge in [-0.15, -0.1) is 0 Å². The van der Waals surface area contributed by atoms with E-state index < -0.39 is 11.8 Å². The third-order valence-corrected chi connectivity index (χ3v) is 3.93. The minimum atomic E-state index is -0.512. The number of amides is 2. The first kappa shape index (κ1) is 14.5. The van der Waals surface area contributed by atoms with Gasteiger partial charge in [-0.25, -0.2) is 0 Å². The summed E-state index contributed by atoms with van der Waals surface area (Å²) in [7, 11) is 3.41. The topological polar surface area (TPSA) is 90.4 Å². The first-order chi connectivity index (χ1) is 9.47. The maximum atomic E-state index is 12.1. The maximum absolute atomic E-state index is 12.1. The smallest absolute Gasteiger partial charge is 0.224 e. The Morgan fingerprint density at radius 3 is 2.80 bits per heavy atom. The van der Waals surface area contributed by atoms with Gasteiger partial charge in [0.2, 0.25) is 11.8 Å². The fourth-order valence-electron chi connectivity index (χ4n) is 2.69. The van der Waals surface area contributed by atoms with Crippen LogP contribution in [0.1, 0.15) is 23.7 Å². The number of aromatic nitrogens is 2. The lowest BCUT2D eigenvalue weighted by Crippen LogP contribution is -2.35. The Hall–Kier alpha value is -1.89. The molecule has 2 N–H and O–H groups in total. The molecule has 1 aliphatic rings. The Bertz CT molecular complexity index is 526. The summed E-state index contributed by atoms with van der Waals surface area (Å²) in [6, 6.07) is -0.344. The van der Waals surface area contributed by atoms with Crippen LogP contribution in [-0.4, -0.2) is 46.8 Å². The summed E-state index contributed by atoms with van der Waals surface area (Å²) in [6.45, 7) is 2.78. The van der Waals surface area contributed by atoms with Crippen molar-refractivity contribution < 1.29 is 14.3 Å². The Morgan fingerprint density at radius 1 is 1.60 bits per heavy atom. The predicted molar refractivity (Wildman–Crippen MR) is 71.6 cm³/mol. The van der Waals surface area contributed by atoms with Crippen LogP contribution in [0.3, 0.4) is 0 Å². The number of rotatable bonds is 5. The van der Waals surface area contributed by atoms with Gasteiger partial charge in [0.15, 0.2) is 0 Å². The van der Waals surface area contributed by atoms with Crippen LogP contribution in [-0.2, 0) is 21.4 Å². The summed E-state index contributed by atoms with van der Waals surface area (Å²) < 4.78 is 6.76. The molecule has 0 spiro atoms. The molecule has 1 aromatic rings. The highest BCUT2D eigenvalue weighted by Crippen LogP contribution is 2.38. The first-order valence-electron chi connectivity index (χ1n) is 6.53. The van der Waals surface area contributed by atoms with Crippen LogP contribution < -0.4 is 5.73 Å². The number of aryl methyl sites for hydroxylation is 1. The van der Waals surface area contributed by atoms with E-state index >= 15 is 0 Å². The SMILES string of the molecule is COCCN1C(=O)C[C@H](C(N)=O)[C@@H]1c1cnn(C)c1C. The van der Waals surface area contributed by atoms with E-state index in [2.05, 4.69) is 5.10 Å². The van der Waals surface area contributed by atoms with Crippen molar-refractivity contribution in [2.75, 3.05) is 20.3 Å². The number of methoxy groups -OCH3 is 1. The highest BCUT2D eigenvalue weighted by molar-refractivity contribution is 5.89. The summed E-state index contributed by atoms with van der Waals surface area (Å²) in [4.78, 5) is 25.5. The van der Waals surface area contributed by atoms with Crippen molar-refractivity contribution in [3.8, 4) is 0 Å². The highest BCUT2D eigenvalue weighted by Gasteiger charge is 2.44. The van der Waals surface area contributed by atoms with Crippen LogP contribution in [0, 0.1) is 12.8 Å². The molecule has 2 heterocycles. The van der Waals surface area contributed by atoms with Gasteiger partial charge in [0.1, 0.15) is 0 Å². The molecular weight excluding hydrogens is 260 g/mol. The summed E-state index contributed by atoms with van der Waals surface area (Å²) in [5.74, 6) is -1.03. The number of nitrogens with two attached hydrogens (primary N) is 1. The first-order valence-corrected chi connectivity index (χ1v) is 6.53. The van der Waals surface area contributed by atoms with E-state index in [-0.39, 0.29) is 18.4 Å². The van der Waals surface area contributed by atoms with Gasteiger partial charge in [-0.2, -0.15) is 5.10 Å². The number of ether oxygens (including phenoxy) is 1. The van der Waals surface area contributed by atoms with E-state index in [1.54, 1.807) is 22.9 Å². The van der Waals surface area contributed by atoms with Crippen LogP contribution in [0.25, 0.3) is 0 Å². The number of carbonyl (C=O) groups excluding carboxylic acids is 2. The van der Waals surface area contributed by atoms with Gasteiger partial charge in [-0.1, -0.05) is 0 Å². The quantitative estimate of drug-likeness (QED) is 0.805. The van der Waals surface area contributed by atoms with Crippen LogP contribution >= 0.6 is 0 Å². The second-order valence-electron chi connectivity index (χ2n) is 5.05. The molecule has 0 bridgehead atoms. The van der Waals surface area contributed by atoms with Crippen molar-refractivity contribution in [2.24, 2.45) is 18.7 Å². The van der Waals surface area contributed by atoms with Gasteiger partial charge < -0.3 is 15.4 Å². The molecule has 1 saturated heterocycles. The number of primary amides is 1. The number of carbonyl (C=O) groups is 2. The van der Waals surface area contributed by atoms with Crippen molar-refractivity contribution in [3.63, 3.8) is 0 Å². The Balaban J connectivity index is 2.38. The normalized spacial score (nSPS) is 22.6. The Morgan fingerprint density at radius 2 is 2.30 bits per heavy atom. The van der Waals surface area contributed by atoms with Crippen molar-refractivity contribution in [2.45, 2.75) is 19.4 Å². The third-order valence-electron chi connectivity index (χ3n) is 3.93. The van der Waals surface area contributed by atoms with Crippen LogP contribution in [0.5, 0.6) is 0 Å². The van der Waals surface area contributed by atoms with Crippen molar-refractivity contribution >= 4 is 11.8 Å². The van der Waals surface area contributed by atoms with E-state index in [0.29, 0.717) is 13.2 Å². The Kier molecular flexibility index (Phi) is 4.08. The van der Waals surface area contributed by atoms with Gasteiger partial charge in [0.25, 0.3) is 0 Å². The van der Waals surface area contributed by atoms with E-state index in [0.717, 1.165) is 11.3 Å². The van der Waals surface area contributed by atoms with Crippen LogP contribution in [0.15, 0.2) is 6.20 Å². The van der Waals surface area contributed by atoms with Crippen molar-refractivity contribution in [1.82, 2.24) is 14.7 Å². The summed E-state index contributed by atoms with van der Waals surface area (Å²) in [6.07, 6.45) is 1.85. The molecule has 0 unspecified atom stereocenters. The van der Waals surface area contributed by atoms with Gasteiger partial charge in [-0.3, -0.25) is 14.3 Å². The zero-order chi connectivity index (χ0) is 14.9. The van der Waals surface area contributed by atoms with E-state index in [9.17, 15) is 9.59 Å². The average molecular weight is 280 g/mol. The van der Waals surface area contributed by atoms with Crippen LogP contribution in [0.2, 0.25) is 0 Å². The molecule has 20 heavy (non-hydrogen) atoms. The van der Waals surface area contributed by atoms with Gasteiger partial charge in [-0.05, 0) is 6.92 Å². The molecule has 2 amide bonds. The number of hydrogen-bond acceptors (Lipinski definition) is 4. The highest BCUT2D eigenvalue weighted by atomic mass is 16.5. The van der Waals surface area contributed by atoms with Gasteiger partial charge in [0, 0.05) is 38.4 Å². The standard InChI is InChI=1S/C13H20N4O3/c1-8-10(7-15-16(8)2)12-9(13(14)19)6-11(18)17(12)4-5-20-3/h7,9,12H,4-6H2,1-3H3,(H2,14,19)/t9-,12+/m0/s1. The molecule has 7 nitrogen and oxygen atoms in total. The number of nitrogens with zero attached hydrogens (tertiary/aromatic N) is 3. The summed E-state index contributed by atoms with van der Waals surface area (Å²) >= 11 is 0.